The van der Waals surface area contributed by atoms with Crippen LogP contribution in [0.2, 0.25) is 0 Å². The van der Waals surface area contributed by atoms with Crippen molar-refractivity contribution >= 4 is 28.7 Å². The van der Waals surface area contributed by atoms with E-state index in [1.165, 1.54) is 0 Å². The number of nitrogens with zero attached hydrogens (tertiary/aromatic N) is 3. The number of hydrogen-bond acceptors (Lipinski definition) is 5. The van der Waals surface area contributed by atoms with E-state index < -0.39 is 38.4 Å². The summed E-state index contributed by atoms with van der Waals surface area (Å²) in [5.41, 5.74) is -0.858. The van der Waals surface area contributed by atoms with Crippen molar-refractivity contribution < 1.29 is 19.7 Å². The minimum atomic E-state index is -1.50. The van der Waals surface area contributed by atoms with Gasteiger partial charge in [0.2, 0.25) is 5.69 Å². The van der Waals surface area contributed by atoms with Gasteiger partial charge in [0.25, 0.3) is 0 Å². The SMILES string of the molecule is CC(C)(C)c1cc([N]c2c([N+](=O)[O-])cc(C(=O)O)cc2[N+](=O)[O-])cc(C(C)(C)C)c1. The third-order valence-electron chi connectivity index (χ3n) is 4.60. The van der Waals surface area contributed by atoms with E-state index in [0.29, 0.717) is 5.69 Å². The van der Waals surface area contributed by atoms with E-state index in [4.69, 9.17) is 5.11 Å². The fraction of sp³-hybridized carbons (Fsp3) is 0.381. The third-order valence-corrected chi connectivity index (χ3v) is 4.60. The molecule has 0 unspecified atom stereocenters. The van der Waals surface area contributed by atoms with Crippen LogP contribution in [0.1, 0.15) is 63.0 Å². The maximum absolute atomic E-state index is 11.5. The van der Waals surface area contributed by atoms with E-state index in [1.54, 1.807) is 12.1 Å². The van der Waals surface area contributed by atoms with Gasteiger partial charge in [0.15, 0.2) is 0 Å². The Morgan fingerprint density at radius 2 is 1.23 bits per heavy atom. The lowest BCUT2D eigenvalue weighted by Gasteiger charge is -2.26. The molecule has 0 aliphatic rings. The van der Waals surface area contributed by atoms with E-state index >= 15 is 0 Å². The normalized spacial score (nSPS) is 11.8. The molecule has 0 amide bonds. The van der Waals surface area contributed by atoms with Gasteiger partial charge in [-0.1, -0.05) is 47.6 Å². The largest absolute Gasteiger partial charge is 0.478 e. The highest BCUT2D eigenvalue weighted by Crippen LogP contribution is 2.40. The van der Waals surface area contributed by atoms with Gasteiger partial charge in [0.05, 0.1) is 21.1 Å². The first-order valence-electron chi connectivity index (χ1n) is 9.19. The molecule has 9 heteroatoms. The van der Waals surface area contributed by atoms with Crippen molar-refractivity contribution in [2.75, 3.05) is 0 Å². The fourth-order valence-electron chi connectivity index (χ4n) is 2.79. The van der Waals surface area contributed by atoms with Gasteiger partial charge >= 0.3 is 17.3 Å². The van der Waals surface area contributed by atoms with Crippen molar-refractivity contribution in [3.8, 4) is 0 Å². The summed E-state index contributed by atoms with van der Waals surface area (Å²) in [4.78, 5) is 32.6. The predicted molar refractivity (Wildman–Crippen MR) is 112 cm³/mol. The molecule has 2 rings (SSSR count). The number of nitro benzene ring substituents is 2. The second-order valence-corrected chi connectivity index (χ2v) is 9.06. The van der Waals surface area contributed by atoms with E-state index in [0.717, 1.165) is 23.3 Å². The molecule has 0 heterocycles. The van der Waals surface area contributed by atoms with E-state index in [1.807, 2.05) is 47.6 Å². The molecule has 0 spiro atoms. The number of rotatable bonds is 5. The Morgan fingerprint density at radius 1 is 0.833 bits per heavy atom. The average Bonchev–Trinajstić information content (AvgIpc) is 2.59. The number of carboxylic acids is 1. The fourth-order valence-corrected chi connectivity index (χ4v) is 2.79. The monoisotopic (exact) mass is 414 g/mol. The molecule has 159 valence electrons. The maximum atomic E-state index is 11.5. The van der Waals surface area contributed by atoms with Gasteiger partial charge in [-0.05, 0) is 34.1 Å². The first-order chi connectivity index (χ1) is 13.6. The molecule has 1 radical (unpaired) electrons. The first-order valence-corrected chi connectivity index (χ1v) is 9.19. The topological polar surface area (TPSA) is 138 Å². The first kappa shape index (κ1) is 22.8. The summed E-state index contributed by atoms with van der Waals surface area (Å²) in [5, 5.41) is 36.5. The van der Waals surface area contributed by atoms with Crippen molar-refractivity contribution in [3.63, 3.8) is 0 Å². The van der Waals surface area contributed by atoms with Gasteiger partial charge in [-0.15, -0.1) is 0 Å². The minimum absolute atomic E-state index is 0.253. The van der Waals surface area contributed by atoms with Gasteiger partial charge in [-0.25, -0.2) is 10.1 Å². The van der Waals surface area contributed by atoms with Crippen LogP contribution < -0.4 is 5.32 Å². The number of hydrogen-bond donors (Lipinski definition) is 1. The van der Waals surface area contributed by atoms with Crippen LogP contribution in [-0.2, 0) is 10.8 Å². The molecule has 9 nitrogen and oxygen atoms in total. The summed E-state index contributed by atoms with van der Waals surface area (Å²) < 4.78 is 0. The van der Waals surface area contributed by atoms with Crippen LogP contribution in [0.15, 0.2) is 30.3 Å². The van der Waals surface area contributed by atoms with E-state index in [9.17, 15) is 25.0 Å². The smallest absolute Gasteiger partial charge is 0.336 e. The van der Waals surface area contributed by atoms with Crippen LogP contribution in [0.25, 0.3) is 0 Å². The average molecular weight is 414 g/mol. The molecule has 0 atom stereocenters. The highest BCUT2D eigenvalue weighted by molar-refractivity contribution is 5.92. The van der Waals surface area contributed by atoms with Crippen LogP contribution in [0, 0.1) is 20.2 Å². The lowest BCUT2D eigenvalue weighted by Crippen LogP contribution is -2.17. The zero-order valence-electron chi connectivity index (χ0n) is 17.7. The summed E-state index contributed by atoms with van der Waals surface area (Å²) in [7, 11) is 0. The second kappa shape index (κ2) is 7.74. The summed E-state index contributed by atoms with van der Waals surface area (Å²) >= 11 is 0. The molecule has 1 N–H and O–H groups in total. The molecule has 0 aromatic heterocycles. The van der Waals surface area contributed by atoms with Crippen LogP contribution in [0.3, 0.4) is 0 Å². The molecule has 0 fully saturated rings. The summed E-state index contributed by atoms with van der Waals surface area (Å²) in [6, 6.07) is 7.05. The van der Waals surface area contributed by atoms with Crippen LogP contribution >= 0.6 is 0 Å². The molecule has 2 aromatic rings. The molecule has 0 aliphatic carbocycles. The molecule has 0 saturated heterocycles. The lowest BCUT2D eigenvalue weighted by molar-refractivity contribution is -0.392. The summed E-state index contributed by atoms with van der Waals surface area (Å²) in [6.45, 7) is 12.0. The Balaban J connectivity index is 2.77. The Labute approximate surface area is 174 Å². The molecule has 0 saturated carbocycles. The van der Waals surface area contributed by atoms with Crippen molar-refractivity contribution in [3.05, 3.63) is 67.3 Å². The quantitative estimate of drug-likeness (QED) is 0.516. The van der Waals surface area contributed by atoms with Crippen molar-refractivity contribution in [2.45, 2.75) is 52.4 Å². The Bertz CT molecular complexity index is 965. The summed E-state index contributed by atoms with van der Waals surface area (Å²) in [6.07, 6.45) is 0. The molecule has 0 aliphatic heterocycles. The zero-order valence-corrected chi connectivity index (χ0v) is 17.7. The van der Waals surface area contributed by atoms with Gasteiger partial charge in [0.1, 0.15) is 0 Å². The second-order valence-electron chi connectivity index (χ2n) is 9.06. The molecule has 2 aromatic carbocycles. The number of nitro groups is 2. The van der Waals surface area contributed by atoms with E-state index in [2.05, 4.69) is 5.32 Å². The summed E-state index contributed by atoms with van der Waals surface area (Å²) in [5.74, 6) is -1.50. The number of carboxylic acid groups (broad SMARTS) is 1. The highest BCUT2D eigenvalue weighted by atomic mass is 16.6. The molecule has 30 heavy (non-hydrogen) atoms. The zero-order chi connectivity index (χ0) is 23.0. The molecule has 0 bridgehead atoms. The van der Waals surface area contributed by atoms with Crippen molar-refractivity contribution in [2.24, 2.45) is 0 Å². The van der Waals surface area contributed by atoms with Gasteiger partial charge < -0.3 is 5.11 Å². The number of aromatic carboxylic acids is 1. The van der Waals surface area contributed by atoms with Gasteiger partial charge in [0, 0.05) is 12.1 Å². The molecular weight excluding hydrogens is 390 g/mol. The van der Waals surface area contributed by atoms with E-state index in [-0.39, 0.29) is 10.8 Å². The number of benzene rings is 2. The Morgan fingerprint density at radius 3 is 1.53 bits per heavy atom. The minimum Gasteiger partial charge on any atom is -0.478 e. The standard InChI is InChI=1S/C21H24N3O6/c1-20(2,3)13-9-14(21(4,5)6)11-15(10-13)22-18-16(23(27)28)7-12(19(25)26)8-17(18)24(29)30/h7-11H,1-6H3,(H,25,26). The van der Waals surface area contributed by atoms with Crippen molar-refractivity contribution in [1.29, 1.82) is 0 Å². The van der Waals surface area contributed by atoms with Gasteiger partial charge in [-0.3, -0.25) is 20.2 Å². The van der Waals surface area contributed by atoms with Crippen LogP contribution in [0.4, 0.5) is 22.7 Å². The lowest BCUT2D eigenvalue weighted by atomic mass is 9.80. The van der Waals surface area contributed by atoms with Gasteiger partial charge in [-0.2, -0.15) is 0 Å². The molecular formula is C21H24N3O6. The van der Waals surface area contributed by atoms with Crippen molar-refractivity contribution in [1.82, 2.24) is 5.32 Å². The Hall–Kier alpha value is -3.49. The van der Waals surface area contributed by atoms with Crippen LogP contribution in [-0.4, -0.2) is 20.9 Å². The third kappa shape index (κ3) is 4.91. The Kier molecular flexibility index (Phi) is 5.88. The highest BCUT2D eigenvalue weighted by Gasteiger charge is 2.31. The van der Waals surface area contributed by atoms with Crippen LogP contribution in [0.5, 0.6) is 0 Å². The predicted octanol–water partition coefficient (Wildman–Crippen LogP) is 5.36. The maximum Gasteiger partial charge on any atom is 0.336 e. The number of carbonyl (C=O) groups is 1.